The molecule has 1 fully saturated rings. The molecule has 5 heteroatoms. The number of carbonyl (C=O) groups excluding carboxylic acids is 2. The quantitative estimate of drug-likeness (QED) is 0.222. The molecule has 0 spiro atoms. The van der Waals surface area contributed by atoms with Gasteiger partial charge in [-0.25, -0.2) is 0 Å². The summed E-state index contributed by atoms with van der Waals surface area (Å²) >= 11 is 0. The van der Waals surface area contributed by atoms with Gasteiger partial charge in [0.1, 0.15) is 10.8 Å². The third-order valence-electron chi connectivity index (χ3n) is 9.47. The van der Waals surface area contributed by atoms with Crippen LogP contribution in [0.15, 0.2) is 97.1 Å². The van der Waals surface area contributed by atoms with Gasteiger partial charge in [0.25, 0.3) is 0 Å². The second-order valence-electron chi connectivity index (χ2n) is 11.8. The predicted octanol–water partition coefficient (Wildman–Crippen LogP) is 6.84. The molecule has 4 aromatic rings. The van der Waals surface area contributed by atoms with Crippen LogP contribution in [0.5, 0.6) is 0 Å². The SMILES string of the molecule is CCOC(=O)C1(CC2(CC3(C(=O)OCC)c4ccccc4-c4ccccc43)COC2)c2ccccc2-c2ccccc21. The van der Waals surface area contributed by atoms with Crippen LogP contribution in [0.1, 0.15) is 48.9 Å². The lowest BCUT2D eigenvalue weighted by Crippen LogP contribution is -2.55. The van der Waals surface area contributed by atoms with Gasteiger partial charge < -0.3 is 14.2 Å². The summed E-state index contributed by atoms with van der Waals surface area (Å²) in [6.45, 7) is 5.13. The van der Waals surface area contributed by atoms with Crippen molar-refractivity contribution >= 4 is 11.9 Å². The lowest BCUT2D eigenvalue weighted by Gasteiger charge is -2.50. The van der Waals surface area contributed by atoms with Gasteiger partial charge in [0, 0.05) is 5.41 Å². The first-order chi connectivity index (χ1) is 20.5. The van der Waals surface area contributed by atoms with Crippen molar-refractivity contribution in [1.82, 2.24) is 0 Å². The summed E-state index contributed by atoms with van der Waals surface area (Å²) in [7, 11) is 0. The number of rotatable bonds is 8. The molecule has 1 heterocycles. The summed E-state index contributed by atoms with van der Waals surface area (Å²) in [5.74, 6) is -0.517. The third-order valence-corrected chi connectivity index (χ3v) is 9.47. The van der Waals surface area contributed by atoms with Crippen molar-refractivity contribution < 1.29 is 23.8 Å². The van der Waals surface area contributed by atoms with Gasteiger partial charge in [0.2, 0.25) is 0 Å². The highest BCUT2D eigenvalue weighted by atomic mass is 16.5. The average Bonchev–Trinajstić information content (AvgIpc) is 3.45. The highest BCUT2D eigenvalue weighted by Gasteiger charge is 2.61. The monoisotopic (exact) mass is 558 g/mol. The number of ether oxygens (including phenoxy) is 3. The zero-order chi connectivity index (χ0) is 29.0. The minimum Gasteiger partial charge on any atom is -0.465 e. The number of benzene rings is 4. The Balaban J connectivity index is 1.43. The first-order valence-corrected chi connectivity index (χ1v) is 14.8. The molecule has 0 N–H and O–H groups in total. The largest absolute Gasteiger partial charge is 0.465 e. The van der Waals surface area contributed by atoms with E-state index < -0.39 is 16.2 Å². The van der Waals surface area contributed by atoms with Crippen molar-refractivity contribution in [1.29, 1.82) is 0 Å². The molecule has 3 aliphatic rings. The maximum atomic E-state index is 14.3. The molecule has 0 radical (unpaired) electrons. The summed E-state index contributed by atoms with van der Waals surface area (Å²) in [4.78, 5) is 28.6. The molecule has 5 nitrogen and oxygen atoms in total. The van der Waals surface area contributed by atoms with Gasteiger partial charge in [-0.1, -0.05) is 97.1 Å². The normalized spacial score (nSPS) is 17.7. The van der Waals surface area contributed by atoms with Crippen molar-refractivity contribution in [3.8, 4) is 22.3 Å². The molecule has 4 aromatic carbocycles. The fraction of sp³-hybridized carbons (Fsp3) is 0.297. The molecule has 0 unspecified atom stereocenters. The Hall–Kier alpha value is -4.22. The van der Waals surface area contributed by atoms with E-state index in [4.69, 9.17) is 14.2 Å². The van der Waals surface area contributed by atoms with E-state index >= 15 is 0 Å². The molecular formula is C37H34O5. The lowest BCUT2D eigenvalue weighted by molar-refractivity contribution is -0.167. The Bertz CT molecular complexity index is 1490. The first-order valence-electron chi connectivity index (χ1n) is 14.8. The van der Waals surface area contributed by atoms with Crippen molar-refractivity contribution in [2.24, 2.45) is 5.41 Å². The summed E-state index contributed by atoms with van der Waals surface area (Å²) in [6, 6.07) is 32.6. The molecule has 0 saturated carbocycles. The molecule has 0 bridgehead atoms. The van der Waals surface area contributed by atoms with Gasteiger partial charge in [-0.2, -0.15) is 0 Å². The average molecular weight is 559 g/mol. The van der Waals surface area contributed by atoms with Crippen LogP contribution < -0.4 is 0 Å². The van der Waals surface area contributed by atoms with E-state index in [1.165, 1.54) is 0 Å². The van der Waals surface area contributed by atoms with Crippen LogP contribution in [-0.4, -0.2) is 38.4 Å². The smallest absolute Gasteiger partial charge is 0.321 e. The van der Waals surface area contributed by atoms with Crippen molar-refractivity contribution in [2.45, 2.75) is 37.5 Å². The number of fused-ring (bicyclic) bond motifs is 6. The van der Waals surface area contributed by atoms with Gasteiger partial charge >= 0.3 is 11.9 Å². The number of esters is 2. The molecule has 212 valence electrons. The highest BCUT2D eigenvalue weighted by molar-refractivity contribution is 5.99. The Morgan fingerprint density at radius 1 is 0.571 bits per heavy atom. The van der Waals surface area contributed by atoms with Crippen molar-refractivity contribution in [3.05, 3.63) is 119 Å². The van der Waals surface area contributed by atoms with Crippen LogP contribution in [0.25, 0.3) is 22.3 Å². The summed E-state index contributed by atoms with van der Waals surface area (Å²) in [6.07, 6.45) is 0.913. The van der Waals surface area contributed by atoms with E-state index in [1.807, 2.05) is 62.4 Å². The fourth-order valence-corrected chi connectivity index (χ4v) is 7.91. The predicted molar refractivity (Wildman–Crippen MR) is 161 cm³/mol. The van der Waals surface area contributed by atoms with Crippen molar-refractivity contribution in [3.63, 3.8) is 0 Å². The standard InChI is InChI=1S/C37H34O5/c1-3-41-33(38)36(29-17-9-5-13-25(29)26-14-6-10-18-30(26)36)21-35(23-40-24-35)22-37(34(39)42-4-2)31-19-11-7-15-27(31)28-16-8-12-20-32(28)37/h5-20H,3-4,21-24H2,1-2H3. The van der Waals surface area contributed by atoms with Crippen LogP contribution in [0.4, 0.5) is 0 Å². The summed E-state index contributed by atoms with van der Waals surface area (Å²) < 4.78 is 17.7. The minimum atomic E-state index is -1.03. The highest BCUT2D eigenvalue weighted by Crippen LogP contribution is 2.61. The van der Waals surface area contributed by atoms with E-state index in [1.54, 1.807) is 0 Å². The number of carbonyl (C=O) groups is 2. The third kappa shape index (κ3) is 3.59. The van der Waals surface area contributed by atoms with E-state index in [9.17, 15) is 9.59 Å². The molecule has 0 amide bonds. The van der Waals surface area contributed by atoms with E-state index in [2.05, 4.69) is 48.5 Å². The van der Waals surface area contributed by atoms with Gasteiger partial charge in [0.05, 0.1) is 26.4 Å². The summed E-state index contributed by atoms with van der Waals surface area (Å²) in [5.41, 5.74) is 5.45. The van der Waals surface area contributed by atoms with Crippen molar-refractivity contribution in [2.75, 3.05) is 26.4 Å². The Morgan fingerprint density at radius 2 is 0.881 bits per heavy atom. The second-order valence-corrected chi connectivity index (χ2v) is 11.8. The van der Waals surface area contributed by atoms with Gasteiger partial charge in [-0.05, 0) is 71.2 Å². The van der Waals surface area contributed by atoms with Gasteiger partial charge in [0.15, 0.2) is 0 Å². The molecule has 7 rings (SSSR count). The second kappa shape index (κ2) is 9.95. The fourth-order valence-electron chi connectivity index (χ4n) is 7.91. The number of hydrogen-bond acceptors (Lipinski definition) is 5. The summed E-state index contributed by atoms with van der Waals surface area (Å²) in [5, 5.41) is 0. The van der Waals surface area contributed by atoms with E-state index in [0.29, 0.717) is 26.1 Å². The van der Waals surface area contributed by atoms with Crippen LogP contribution in [0.2, 0.25) is 0 Å². The zero-order valence-corrected chi connectivity index (χ0v) is 24.0. The maximum absolute atomic E-state index is 14.3. The Morgan fingerprint density at radius 3 is 1.14 bits per heavy atom. The Labute approximate surface area is 246 Å². The molecule has 0 atom stereocenters. The molecule has 1 aliphatic heterocycles. The number of hydrogen-bond donors (Lipinski definition) is 0. The molecule has 2 aliphatic carbocycles. The minimum absolute atomic E-state index is 0.258. The van der Waals surface area contributed by atoms with Crippen LogP contribution in [-0.2, 0) is 34.6 Å². The van der Waals surface area contributed by atoms with Crippen LogP contribution in [0.3, 0.4) is 0 Å². The topological polar surface area (TPSA) is 61.8 Å². The lowest BCUT2D eigenvalue weighted by atomic mass is 9.58. The van der Waals surface area contributed by atoms with Crippen LogP contribution >= 0.6 is 0 Å². The molecular weight excluding hydrogens is 524 g/mol. The zero-order valence-electron chi connectivity index (χ0n) is 24.0. The molecule has 42 heavy (non-hydrogen) atoms. The van der Waals surface area contributed by atoms with E-state index in [-0.39, 0.29) is 25.2 Å². The Kier molecular flexibility index (Phi) is 6.32. The van der Waals surface area contributed by atoms with Gasteiger partial charge in [-0.3, -0.25) is 9.59 Å². The van der Waals surface area contributed by atoms with E-state index in [0.717, 1.165) is 44.5 Å². The molecule has 1 saturated heterocycles. The first kappa shape index (κ1) is 26.7. The maximum Gasteiger partial charge on any atom is 0.321 e. The molecule has 0 aromatic heterocycles. The van der Waals surface area contributed by atoms with Crippen LogP contribution in [0, 0.1) is 5.41 Å². The van der Waals surface area contributed by atoms with Gasteiger partial charge in [-0.15, -0.1) is 0 Å².